The summed E-state index contributed by atoms with van der Waals surface area (Å²) in [5.74, 6) is 1.02. The molecule has 1 N–H and O–H groups in total. The van der Waals surface area contributed by atoms with E-state index in [2.05, 4.69) is 5.32 Å². The van der Waals surface area contributed by atoms with Gasteiger partial charge in [-0.3, -0.25) is 4.79 Å². The Kier molecular flexibility index (Phi) is 7.23. The summed E-state index contributed by atoms with van der Waals surface area (Å²) in [4.78, 5) is 14.8. The molecule has 140 valence electrons. The van der Waals surface area contributed by atoms with E-state index in [4.69, 9.17) is 21.1 Å². The molecule has 0 aliphatic carbocycles. The maximum absolute atomic E-state index is 12.9. The lowest BCUT2D eigenvalue weighted by atomic mass is 10.1. The number of carbonyl (C=O) groups excluding carboxylic acids is 1. The van der Waals surface area contributed by atoms with E-state index in [1.54, 1.807) is 19.2 Å². The summed E-state index contributed by atoms with van der Waals surface area (Å²) in [7, 11) is 1.56. The number of halogens is 2. The van der Waals surface area contributed by atoms with Crippen LogP contribution in [0, 0.1) is 0 Å². The quantitative estimate of drug-likeness (QED) is 0.837. The number of hydrogen-bond acceptors (Lipinski definition) is 4. The van der Waals surface area contributed by atoms with Gasteiger partial charge in [0.25, 0.3) is 5.91 Å². The first-order valence-corrected chi connectivity index (χ1v) is 9.05. The van der Waals surface area contributed by atoms with Crippen molar-refractivity contribution in [3.8, 4) is 11.5 Å². The summed E-state index contributed by atoms with van der Waals surface area (Å²) >= 11 is 6.34. The van der Waals surface area contributed by atoms with Gasteiger partial charge in [-0.2, -0.15) is 0 Å². The molecule has 0 spiro atoms. The molecule has 2 aliphatic heterocycles. The van der Waals surface area contributed by atoms with Gasteiger partial charge in [-0.1, -0.05) is 18.5 Å². The summed E-state index contributed by atoms with van der Waals surface area (Å²) < 4.78 is 11.0. The SMILES string of the molecule is CCCOc1c(Cl)cc(C(=O)N2CCC3CCC(C2)N3)cc1OC.Cl. The fraction of sp³-hybridized carbons (Fsp3) is 0.611. The predicted molar refractivity (Wildman–Crippen MR) is 102 cm³/mol. The van der Waals surface area contributed by atoms with Crippen LogP contribution in [0.25, 0.3) is 0 Å². The van der Waals surface area contributed by atoms with E-state index in [1.807, 2.05) is 11.8 Å². The lowest BCUT2D eigenvalue weighted by molar-refractivity contribution is 0.0747. The maximum Gasteiger partial charge on any atom is 0.254 e. The molecule has 0 saturated carbocycles. The van der Waals surface area contributed by atoms with Crippen molar-refractivity contribution in [3.05, 3.63) is 22.7 Å². The van der Waals surface area contributed by atoms with E-state index in [0.29, 0.717) is 40.8 Å². The Hall–Kier alpha value is -1.17. The highest BCUT2D eigenvalue weighted by atomic mass is 35.5. The molecule has 2 bridgehead atoms. The van der Waals surface area contributed by atoms with E-state index in [9.17, 15) is 4.79 Å². The second-order valence-electron chi connectivity index (χ2n) is 6.52. The molecule has 0 radical (unpaired) electrons. The first kappa shape index (κ1) is 20.1. The Morgan fingerprint density at radius 2 is 2.08 bits per heavy atom. The maximum atomic E-state index is 12.9. The van der Waals surface area contributed by atoms with Crippen LogP contribution in [0.2, 0.25) is 5.02 Å². The number of carbonyl (C=O) groups is 1. The lowest BCUT2D eigenvalue weighted by Crippen LogP contribution is -2.39. The number of nitrogens with one attached hydrogen (secondary N) is 1. The Bertz CT molecular complexity index is 612. The minimum Gasteiger partial charge on any atom is -0.493 e. The van der Waals surface area contributed by atoms with Gasteiger partial charge in [-0.05, 0) is 37.8 Å². The predicted octanol–water partition coefficient (Wildman–Crippen LogP) is 3.53. The zero-order valence-corrected chi connectivity index (χ0v) is 16.3. The number of amides is 1. The van der Waals surface area contributed by atoms with Crippen LogP contribution in [0.1, 0.15) is 43.0 Å². The summed E-state index contributed by atoms with van der Waals surface area (Å²) in [5, 5.41) is 4.01. The van der Waals surface area contributed by atoms with Crippen LogP contribution in [0.5, 0.6) is 11.5 Å². The Labute approximate surface area is 160 Å². The second-order valence-corrected chi connectivity index (χ2v) is 6.92. The lowest BCUT2D eigenvalue weighted by Gasteiger charge is -2.25. The third-order valence-corrected chi connectivity index (χ3v) is 5.02. The van der Waals surface area contributed by atoms with E-state index in [0.717, 1.165) is 32.4 Å². The standard InChI is InChI=1S/C18H25ClN2O3.ClH/c1-3-8-24-17-15(19)9-12(10-16(17)23-2)18(22)21-7-6-13-4-5-14(11-21)20-13;/h9-10,13-14,20H,3-8,11H2,1-2H3;1H. The van der Waals surface area contributed by atoms with Crippen molar-refractivity contribution < 1.29 is 14.3 Å². The van der Waals surface area contributed by atoms with Crippen molar-refractivity contribution in [3.63, 3.8) is 0 Å². The number of benzene rings is 1. The smallest absolute Gasteiger partial charge is 0.254 e. The van der Waals surface area contributed by atoms with Crippen LogP contribution in [0.4, 0.5) is 0 Å². The zero-order chi connectivity index (χ0) is 17.1. The third-order valence-electron chi connectivity index (χ3n) is 4.74. The van der Waals surface area contributed by atoms with E-state index >= 15 is 0 Å². The van der Waals surface area contributed by atoms with E-state index in [-0.39, 0.29) is 18.3 Å². The number of ether oxygens (including phenoxy) is 2. The molecular formula is C18H26Cl2N2O3. The molecule has 7 heteroatoms. The van der Waals surface area contributed by atoms with Crippen LogP contribution in [0.15, 0.2) is 12.1 Å². The van der Waals surface area contributed by atoms with Crippen LogP contribution in [-0.4, -0.2) is 49.7 Å². The minimum atomic E-state index is 0. The second kappa shape index (κ2) is 8.97. The highest BCUT2D eigenvalue weighted by Gasteiger charge is 2.31. The molecule has 3 rings (SSSR count). The van der Waals surface area contributed by atoms with Gasteiger partial charge < -0.3 is 19.7 Å². The average Bonchev–Trinajstić information content (AvgIpc) is 2.91. The largest absolute Gasteiger partial charge is 0.493 e. The third kappa shape index (κ3) is 4.52. The molecule has 1 aromatic carbocycles. The molecular weight excluding hydrogens is 363 g/mol. The summed E-state index contributed by atoms with van der Waals surface area (Å²) in [6.45, 7) is 4.12. The summed E-state index contributed by atoms with van der Waals surface area (Å²) in [6.07, 6.45) is 4.24. The van der Waals surface area contributed by atoms with Gasteiger partial charge in [-0.25, -0.2) is 0 Å². The average molecular weight is 389 g/mol. The Morgan fingerprint density at radius 1 is 1.32 bits per heavy atom. The number of nitrogens with zero attached hydrogens (tertiary/aromatic N) is 1. The van der Waals surface area contributed by atoms with Crippen molar-refractivity contribution in [2.24, 2.45) is 0 Å². The summed E-state index contributed by atoms with van der Waals surface area (Å²) in [6, 6.07) is 4.38. The monoisotopic (exact) mass is 388 g/mol. The Morgan fingerprint density at radius 3 is 2.80 bits per heavy atom. The van der Waals surface area contributed by atoms with Gasteiger partial charge in [0.15, 0.2) is 11.5 Å². The minimum absolute atomic E-state index is 0. The fourth-order valence-corrected chi connectivity index (χ4v) is 3.76. The van der Waals surface area contributed by atoms with Crippen LogP contribution in [-0.2, 0) is 0 Å². The molecule has 0 aromatic heterocycles. The molecule has 2 aliphatic rings. The first-order chi connectivity index (χ1) is 11.6. The normalized spacial score (nSPS) is 22.1. The number of fused-ring (bicyclic) bond motifs is 2. The molecule has 2 atom stereocenters. The Balaban J connectivity index is 0.00000225. The number of likely N-dealkylation sites (tertiary alicyclic amines) is 1. The number of hydrogen-bond donors (Lipinski definition) is 1. The van der Waals surface area contributed by atoms with Gasteiger partial charge in [0.1, 0.15) is 0 Å². The first-order valence-electron chi connectivity index (χ1n) is 8.68. The van der Waals surface area contributed by atoms with Crippen molar-refractivity contribution in [1.29, 1.82) is 0 Å². The topological polar surface area (TPSA) is 50.8 Å². The van der Waals surface area contributed by atoms with Gasteiger partial charge in [0.05, 0.1) is 18.7 Å². The number of rotatable bonds is 5. The molecule has 1 amide bonds. The van der Waals surface area contributed by atoms with Crippen molar-refractivity contribution in [2.45, 2.75) is 44.7 Å². The van der Waals surface area contributed by atoms with Crippen LogP contribution in [0.3, 0.4) is 0 Å². The van der Waals surface area contributed by atoms with E-state index in [1.165, 1.54) is 6.42 Å². The van der Waals surface area contributed by atoms with Gasteiger partial charge >= 0.3 is 0 Å². The molecule has 5 nitrogen and oxygen atoms in total. The zero-order valence-electron chi connectivity index (χ0n) is 14.7. The molecule has 2 unspecified atom stereocenters. The van der Waals surface area contributed by atoms with Crippen molar-refractivity contribution in [1.82, 2.24) is 10.2 Å². The van der Waals surface area contributed by atoms with E-state index < -0.39 is 0 Å². The molecule has 2 fully saturated rings. The summed E-state index contributed by atoms with van der Waals surface area (Å²) in [5.41, 5.74) is 0.554. The molecule has 2 saturated heterocycles. The van der Waals surface area contributed by atoms with Gasteiger partial charge in [0, 0.05) is 30.7 Å². The highest BCUT2D eigenvalue weighted by molar-refractivity contribution is 6.32. The molecule has 25 heavy (non-hydrogen) atoms. The number of methoxy groups -OCH3 is 1. The molecule has 2 heterocycles. The van der Waals surface area contributed by atoms with Crippen LogP contribution >= 0.6 is 24.0 Å². The van der Waals surface area contributed by atoms with Crippen molar-refractivity contribution in [2.75, 3.05) is 26.8 Å². The molecule has 1 aromatic rings. The fourth-order valence-electron chi connectivity index (χ4n) is 3.50. The van der Waals surface area contributed by atoms with Gasteiger partial charge in [0.2, 0.25) is 0 Å². The van der Waals surface area contributed by atoms with Crippen molar-refractivity contribution >= 4 is 29.9 Å². The van der Waals surface area contributed by atoms with Crippen LogP contribution < -0.4 is 14.8 Å². The highest BCUT2D eigenvalue weighted by Crippen LogP contribution is 2.37. The van der Waals surface area contributed by atoms with Gasteiger partial charge in [-0.15, -0.1) is 12.4 Å².